The molecule has 4 rings (SSSR count). The first-order valence-electron chi connectivity index (χ1n) is 14.0. The van der Waals surface area contributed by atoms with Gasteiger partial charge >= 0.3 is 6.18 Å². The van der Waals surface area contributed by atoms with Crippen molar-refractivity contribution in [2.45, 2.75) is 76.2 Å². The zero-order chi connectivity index (χ0) is 29.2. The van der Waals surface area contributed by atoms with Crippen LogP contribution in [0.25, 0.3) is 0 Å². The molecule has 1 saturated carbocycles. The van der Waals surface area contributed by atoms with Gasteiger partial charge in [0.1, 0.15) is 0 Å². The van der Waals surface area contributed by atoms with E-state index in [2.05, 4.69) is 24.1 Å². The molecule has 2 aliphatic rings. The van der Waals surface area contributed by atoms with E-state index in [1.54, 1.807) is 25.1 Å². The van der Waals surface area contributed by atoms with Gasteiger partial charge in [-0.25, -0.2) is 8.42 Å². The van der Waals surface area contributed by atoms with E-state index in [0.29, 0.717) is 36.4 Å². The van der Waals surface area contributed by atoms with Crippen molar-refractivity contribution >= 4 is 15.7 Å². The van der Waals surface area contributed by atoms with Crippen LogP contribution in [0.4, 0.5) is 13.2 Å². The van der Waals surface area contributed by atoms with E-state index in [0.717, 1.165) is 17.7 Å². The molecule has 2 N–H and O–H groups in total. The summed E-state index contributed by atoms with van der Waals surface area (Å²) in [6, 6.07) is 11.2. The smallest absolute Gasteiger partial charge is 0.391 e. The summed E-state index contributed by atoms with van der Waals surface area (Å²) in [5, 5.41) is 12.8. The van der Waals surface area contributed by atoms with Crippen LogP contribution >= 0.6 is 0 Å². The minimum Gasteiger partial charge on any atom is -0.394 e. The van der Waals surface area contributed by atoms with Crippen molar-refractivity contribution in [2.75, 3.05) is 18.9 Å². The van der Waals surface area contributed by atoms with Gasteiger partial charge in [0.15, 0.2) is 9.84 Å². The number of aliphatic hydroxyl groups excluding tert-OH is 1. The minimum absolute atomic E-state index is 0.0148. The molecule has 0 spiro atoms. The molecule has 2 aromatic carbocycles. The Morgan fingerprint density at radius 1 is 1.07 bits per heavy atom. The highest BCUT2D eigenvalue weighted by molar-refractivity contribution is 7.91. The monoisotopic (exact) mass is 580 g/mol. The normalized spacial score (nSPS) is 22.8. The number of fused-ring (bicyclic) bond motifs is 1. The van der Waals surface area contributed by atoms with Crippen molar-refractivity contribution in [2.24, 2.45) is 17.8 Å². The Bertz CT molecular complexity index is 1290. The molecule has 1 aliphatic carbocycles. The summed E-state index contributed by atoms with van der Waals surface area (Å²) in [5.74, 6) is -1.03. The maximum atomic E-state index is 13.2. The summed E-state index contributed by atoms with van der Waals surface area (Å²) >= 11 is 0. The Balaban J connectivity index is 1.44. The third-order valence-electron chi connectivity index (χ3n) is 8.43. The van der Waals surface area contributed by atoms with Crippen LogP contribution in [-0.2, 0) is 16.4 Å². The van der Waals surface area contributed by atoms with E-state index in [1.165, 1.54) is 12.1 Å². The molecule has 220 valence electrons. The number of benzene rings is 2. The van der Waals surface area contributed by atoms with Gasteiger partial charge in [-0.3, -0.25) is 9.69 Å². The largest absolute Gasteiger partial charge is 0.394 e. The van der Waals surface area contributed by atoms with E-state index in [9.17, 15) is 31.5 Å². The molecule has 0 radical (unpaired) electrons. The van der Waals surface area contributed by atoms with Gasteiger partial charge in [0.05, 0.1) is 29.2 Å². The van der Waals surface area contributed by atoms with Crippen LogP contribution in [0.1, 0.15) is 85.6 Å². The highest BCUT2D eigenvalue weighted by atomic mass is 32.2. The highest BCUT2D eigenvalue weighted by Crippen LogP contribution is 2.43. The summed E-state index contributed by atoms with van der Waals surface area (Å²) in [7, 11) is -3.35. The maximum absolute atomic E-state index is 13.2. The lowest BCUT2D eigenvalue weighted by Crippen LogP contribution is -2.34. The molecule has 10 heteroatoms. The summed E-state index contributed by atoms with van der Waals surface area (Å²) < 4.78 is 63.5. The van der Waals surface area contributed by atoms with E-state index < -0.39 is 28.0 Å². The first-order valence-corrected chi connectivity index (χ1v) is 15.7. The zero-order valence-electron chi connectivity index (χ0n) is 23.2. The van der Waals surface area contributed by atoms with Crippen LogP contribution in [-0.4, -0.2) is 49.4 Å². The number of rotatable bonds is 9. The molecule has 1 fully saturated rings. The summed E-state index contributed by atoms with van der Waals surface area (Å²) in [5.41, 5.74) is 3.22. The van der Waals surface area contributed by atoms with Crippen molar-refractivity contribution in [3.63, 3.8) is 0 Å². The Labute approximate surface area is 234 Å². The number of sulfone groups is 1. The fourth-order valence-electron chi connectivity index (χ4n) is 6.20. The number of alkyl halides is 3. The number of nitrogens with zero attached hydrogens (tertiary/aromatic N) is 1. The van der Waals surface area contributed by atoms with Crippen molar-refractivity contribution in [3.05, 3.63) is 64.7 Å². The van der Waals surface area contributed by atoms with Gasteiger partial charge in [-0.15, -0.1) is 0 Å². The van der Waals surface area contributed by atoms with Crippen LogP contribution in [0.2, 0.25) is 0 Å². The molecule has 1 heterocycles. The molecular weight excluding hydrogens is 541 g/mol. The summed E-state index contributed by atoms with van der Waals surface area (Å²) in [4.78, 5) is 15.7. The van der Waals surface area contributed by atoms with Gasteiger partial charge < -0.3 is 10.4 Å². The van der Waals surface area contributed by atoms with E-state index >= 15 is 0 Å². The van der Waals surface area contributed by atoms with Crippen molar-refractivity contribution in [1.82, 2.24) is 10.2 Å². The quantitative estimate of drug-likeness (QED) is 0.390. The van der Waals surface area contributed by atoms with Crippen LogP contribution in [0.15, 0.2) is 47.4 Å². The maximum Gasteiger partial charge on any atom is 0.391 e. The molecule has 0 saturated heterocycles. The summed E-state index contributed by atoms with van der Waals surface area (Å²) in [6.07, 6.45) is -2.59. The van der Waals surface area contributed by atoms with Crippen LogP contribution in [0, 0.1) is 17.8 Å². The molecule has 0 bridgehead atoms. The number of amides is 1. The predicted molar refractivity (Wildman–Crippen MR) is 147 cm³/mol. The second-order valence-electron chi connectivity index (χ2n) is 11.5. The van der Waals surface area contributed by atoms with Gasteiger partial charge in [-0.2, -0.15) is 13.2 Å². The Hall–Kier alpha value is -2.43. The standard InChI is InChI=1S/C30H39F3N2O4S/c1-4-40(38,39)25-12-7-21(8-13-25)27(18-36)34-29(37)22-9-14-26-23(15-22)17-35(28(26)19(2)3)16-20-5-10-24(11-6-20)30(31,32)33/h7-9,12-15,19-20,24,27-28,36H,4-6,10-11,16-18H2,1-3H3,(H,34,37)/t20-,24-,27-,28-/m0/s1. The SMILES string of the molecule is CCS(=O)(=O)c1ccc([C@H](CO)NC(=O)c2ccc3c(c2)CN(C[C@H]2CC[C@H](C(F)(F)F)CC2)[C@H]3C(C)C)cc1. The molecular formula is C30H39F3N2O4S. The zero-order valence-corrected chi connectivity index (χ0v) is 24.1. The number of hydrogen-bond acceptors (Lipinski definition) is 5. The molecule has 2 aromatic rings. The van der Waals surface area contributed by atoms with Crippen LogP contribution < -0.4 is 5.32 Å². The molecule has 0 unspecified atom stereocenters. The Morgan fingerprint density at radius 3 is 2.27 bits per heavy atom. The van der Waals surface area contributed by atoms with Gasteiger partial charge in [-0.1, -0.05) is 39.0 Å². The second kappa shape index (κ2) is 12.2. The molecule has 1 aliphatic heterocycles. The van der Waals surface area contributed by atoms with Gasteiger partial charge in [0.2, 0.25) is 0 Å². The Morgan fingerprint density at radius 2 is 1.73 bits per heavy atom. The summed E-state index contributed by atoms with van der Waals surface area (Å²) in [6.45, 7) is 6.86. The molecule has 6 nitrogen and oxygen atoms in total. The molecule has 2 atom stereocenters. The average Bonchev–Trinajstić information content (AvgIpc) is 3.28. The lowest BCUT2D eigenvalue weighted by Gasteiger charge is -2.35. The number of carbonyl (C=O) groups excluding carboxylic acids is 1. The highest BCUT2D eigenvalue weighted by Gasteiger charge is 2.42. The molecule has 0 aromatic heterocycles. The van der Waals surface area contributed by atoms with Crippen molar-refractivity contribution in [3.8, 4) is 0 Å². The lowest BCUT2D eigenvalue weighted by molar-refractivity contribution is -0.184. The second-order valence-corrected chi connectivity index (χ2v) is 13.8. The van der Waals surface area contributed by atoms with E-state index in [1.807, 2.05) is 12.1 Å². The van der Waals surface area contributed by atoms with E-state index in [-0.39, 0.29) is 48.0 Å². The minimum atomic E-state index is -4.11. The topological polar surface area (TPSA) is 86.7 Å². The fraction of sp³-hybridized carbons (Fsp3) is 0.567. The number of aliphatic hydroxyl groups is 1. The number of nitrogens with one attached hydrogen (secondary N) is 1. The number of halogens is 3. The first kappa shape index (κ1) is 30.5. The molecule has 40 heavy (non-hydrogen) atoms. The fourth-order valence-corrected chi connectivity index (χ4v) is 7.08. The number of hydrogen-bond donors (Lipinski definition) is 2. The first-order chi connectivity index (χ1) is 18.8. The van der Waals surface area contributed by atoms with Crippen molar-refractivity contribution in [1.29, 1.82) is 0 Å². The third kappa shape index (κ3) is 6.71. The van der Waals surface area contributed by atoms with Gasteiger partial charge in [0, 0.05) is 24.7 Å². The van der Waals surface area contributed by atoms with Gasteiger partial charge in [0.25, 0.3) is 5.91 Å². The van der Waals surface area contributed by atoms with E-state index in [4.69, 9.17) is 0 Å². The van der Waals surface area contributed by atoms with Crippen LogP contribution in [0.3, 0.4) is 0 Å². The number of carbonyl (C=O) groups is 1. The van der Waals surface area contributed by atoms with Gasteiger partial charge in [-0.05, 0) is 78.5 Å². The van der Waals surface area contributed by atoms with Crippen molar-refractivity contribution < 1.29 is 31.5 Å². The average molecular weight is 581 g/mol. The Kier molecular flexibility index (Phi) is 9.31. The van der Waals surface area contributed by atoms with Crippen LogP contribution in [0.5, 0.6) is 0 Å². The third-order valence-corrected chi connectivity index (χ3v) is 10.2. The predicted octanol–water partition coefficient (Wildman–Crippen LogP) is 5.83. The molecule has 1 amide bonds. The lowest BCUT2D eigenvalue weighted by atomic mass is 9.81.